The third-order valence-corrected chi connectivity index (χ3v) is 9.58. The van der Waals surface area contributed by atoms with E-state index in [-0.39, 0.29) is 135 Å². The van der Waals surface area contributed by atoms with E-state index in [0.717, 1.165) is 42.6 Å². The van der Waals surface area contributed by atoms with Gasteiger partial charge in [-0.25, -0.2) is 23.6 Å². The topological polar surface area (TPSA) is 116 Å². The number of hydrogen-bond donors (Lipinski definition) is 2. The van der Waals surface area contributed by atoms with Crippen LogP contribution in [0.2, 0.25) is 0 Å². The largest absolute Gasteiger partial charge is 2.00 e. The van der Waals surface area contributed by atoms with Crippen LogP contribution in [0.4, 0.5) is 8.78 Å². The molecule has 0 fully saturated rings. The van der Waals surface area contributed by atoms with Gasteiger partial charge >= 0.3 is 52.1 Å². The van der Waals surface area contributed by atoms with Crippen molar-refractivity contribution in [2.45, 2.75) is 76.9 Å². The molecular formula is C48H61BrClF2I3Mg2N4O6. The van der Waals surface area contributed by atoms with E-state index in [2.05, 4.69) is 70.0 Å². The fourth-order valence-electron chi connectivity index (χ4n) is 6.49. The Labute approximate surface area is 486 Å². The molecule has 0 saturated heterocycles. The first-order chi connectivity index (χ1) is 29.4. The van der Waals surface area contributed by atoms with Crippen molar-refractivity contribution in [1.29, 1.82) is 0 Å². The van der Waals surface area contributed by atoms with Crippen LogP contribution in [0.25, 0.3) is 0 Å². The quantitative estimate of drug-likeness (QED) is 0.102. The van der Waals surface area contributed by atoms with Gasteiger partial charge in [0.1, 0.15) is 31.2 Å². The summed E-state index contributed by atoms with van der Waals surface area (Å²) in [5, 5.41) is 21.9. The maximum absolute atomic E-state index is 13.5. The molecule has 67 heavy (non-hydrogen) atoms. The molecule has 0 aliphatic carbocycles. The first-order valence-electron chi connectivity index (χ1n) is 20.2. The molecule has 19 heteroatoms. The van der Waals surface area contributed by atoms with Gasteiger partial charge in [-0.3, -0.25) is 0 Å². The van der Waals surface area contributed by atoms with Crippen LogP contribution in [0.3, 0.4) is 0 Å². The number of esters is 1. The van der Waals surface area contributed by atoms with Crippen molar-refractivity contribution in [3.8, 4) is 0 Å². The summed E-state index contributed by atoms with van der Waals surface area (Å²) in [7, 11) is 8.06. The number of aliphatic hydroxyl groups excluding tert-OH is 1. The van der Waals surface area contributed by atoms with Crippen molar-refractivity contribution in [1.82, 2.24) is 9.80 Å². The van der Waals surface area contributed by atoms with Gasteiger partial charge in [-0.05, 0) is 141 Å². The van der Waals surface area contributed by atoms with Crippen LogP contribution in [0.5, 0.6) is 0 Å². The average Bonchev–Trinajstić information content (AvgIpc) is 3.93. The van der Waals surface area contributed by atoms with Crippen LogP contribution in [-0.2, 0) is 33.0 Å². The monoisotopic (exact) mass is 1370 g/mol. The molecule has 3 heterocycles. The van der Waals surface area contributed by atoms with E-state index < -0.39 is 5.60 Å². The van der Waals surface area contributed by atoms with Crippen molar-refractivity contribution in [2.24, 2.45) is 9.98 Å². The number of carbonyl (C=O) groups is 1. The Hall–Kier alpha value is -0.518. The Kier molecular flexibility index (Phi) is 36.7. The number of aliphatic imine (C=N–C) groups is 2. The van der Waals surface area contributed by atoms with Crippen molar-refractivity contribution in [3.05, 3.63) is 148 Å². The molecule has 0 radical (unpaired) electrons. The molecule has 0 aromatic heterocycles. The van der Waals surface area contributed by atoms with E-state index in [1.54, 1.807) is 18.2 Å². The Morgan fingerprint density at radius 1 is 0.791 bits per heavy atom. The third kappa shape index (κ3) is 23.3. The summed E-state index contributed by atoms with van der Waals surface area (Å²) in [4.78, 5) is 24.6. The van der Waals surface area contributed by atoms with Crippen molar-refractivity contribution < 1.29 is 67.4 Å². The predicted octanol–water partition coefficient (Wildman–Crippen LogP) is 3.40. The minimum Gasteiger partial charge on any atom is -1.00 e. The van der Waals surface area contributed by atoms with Crippen LogP contribution in [0.1, 0.15) is 90.7 Å². The Morgan fingerprint density at radius 2 is 1.28 bits per heavy atom. The summed E-state index contributed by atoms with van der Waals surface area (Å²) in [6.45, 7) is 14.8. The molecule has 3 aliphatic rings. The fraction of sp³-hybridized carbons (Fsp3) is 0.417. The van der Waals surface area contributed by atoms with Gasteiger partial charge in [-0.1, -0.05) is 18.2 Å². The van der Waals surface area contributed by atoms with Crippen LogP contribution >= 0.6 is 61.2 Å². The maximum Gasteiger partial charge on any atom is 2.00 e. The van der Waals surface area contributed by atoms with Gasteiger partial charge < -0.3 is 70.5 Å². The second kappa shape index (κ2) is 34.8. The van der Waals surface area contributed by atoms with Crippen LogP contribution < -0.4 is 29.4 Å². The Bertz CT molecular complexity index is 2110. The summed E-state index contributed by atoms with van der Waals surface area (Å²) in [6.07, 6.45) is 2.18. The van der Waals surface area contributed by atoms with Gasteiger partial charge in [0.15, 0.2) is 0 Å². The minimum absolute atomic E-state index is 0. The number of cyclic esters (lactones) is 1. The third-order valence-electron chi connectivity index (χ3n) is 9.58. The molecule has 0 amide bonds. The van der Waals surface area contributed by atoms with E-state index in [0.29, 0.717) is 60.3 Å². The number of benzene rings is 4. The normalized spacial score (nSPS) is 15.0. The molecule has 0 bridgehead atoms. The number of rotatable bonds is 11. The van der Waals surface area contributed by atoms with E-state index in [9.17, 15) is 23.8 Å². The fourth-order valence-corrected chi connectivity index (χ4v) is 6.49. The average molecular weight is 1370 g/mol. The van der Waals surface area contributed by atoms with E-state index >= 15 is 0 Å². The first-order valence-corrected chi connectivity index (χ1v) is 26.5. The zero-order valence-electron chi connectivity index (χ0n) is 39.6. The number of aliphatic hydroxyl groups is 2. The summed E-state index contributed by atoms with van der Waals surface area (Å²) >= 11 is 4.24. The summed E-state index contributed by atoms with van der Waals surface area (Å²) < 4.78 is 41.7. The molecule has 362 valence electrons. The van der Waals surface area contributed by atoms with Crippen molar-refractivity contribution in [3.63, 3.8) is 0 Å². The Balaban J connectivity index is -0.000000934. The number of fused-ring (bicyclic) bond motifs is 1. The second-order valence-electron chi connectivity index (χ2n) is 16.7. The van der Waals surface area contributed by atoms with Gasteiger partial charge in [0.25, 0.3) is 0 Å². The molecule has 0 saturated carbocycles. The van der Waals surface area contributed by atoms with Crippen LogP contribution in [0, 0.1) is 24.6 Å². The standard InChI is InChI=1S/C24H31FN2O3.C13H13NO3.C6H4F.C5H12N.BrH.ClH.I2.HI.2Mg/c1-23(2)16-30-22(26-23)17-6-11-21(18(14-17)15-28)24(29,12-5-13-27(3)4)19-7-9-20(25)10-8-19;1-13(2)7-17-11(14-13)8-3-4-10-9(5-8)6-16-12(10)15;7-6-4-2-1-3-5-6;1-4-5-6(2)3;;;1-2;;;/h6-11,14,28-29H,5,12-13,15-16H2,1-4H3;3-5H,6-7H2,1-2H3;2-5H;1,4-5H2,2-3H3;2*1H;;1H;;/q;;2*-1;;;;;2*+2/p-2. The number of carbonyl (C=O) groups excluding carboxylic acids is 1. The molecule has 0 spiro atoms. The molecule has 3 aliphatic heterocycles. The Morgan fingerprint density at radius 3 is 1.70 bits per heavy atom. The van der Waals surface area contributed by atoms with E-state index in [1.807, 2.05) is 86.2 Å². The molecule has 2 N–H and O–H groups in total. The SMILES string of the molecule is CC1(C)COC(c2ccc3c(c2)COC3=O)=N1.CN(C)CCCC(O)(c1ccc(F)cc1)c1ccc(C2=NC(C)(C)CO2)cc1CO.Fc1cc[c-]cc1.I.II.[Br-].[CH2-]CCN(C)C.[Cl-].[Mg+2].[Mg+2]. The molecule has 1 atom stereocenters. The van der Waals surface area contributed by atoms with Gasteiger partial charge in [0.2, 0.25) is 11.8 Å². The minimum atomic E-state index is -1.35. The van der Waals surface area contributed by atoms with Crippen molar-refractivity contribution in [2.75, 3.05) is 54.5 Å². The molecular weight excluding hydrogens is 1310 g/mol. The maximum atomic E-state index is 13.5. The van der Waals surface area contributed by atoms with Crippen LogP contribution in [0.15, 0.2) is 94.9 Å². The number of nitrogens with zero attached hydrogens (tertiary/aromatic N) is 4. The molecule has 1 unspecified atom stereocenters. The van der Waals surface area contributed by atoms with Gasteiger partial charge in [-0.2, -0.15) is 24.6 Å². The zero-order valence-corrected chi connectivity index (χ0v) is 51.4. The zero-order chi connectivity index (χ0) is 46.1. The van der Waals surface area contributed by atoms with E-state index in [1.165, 1.54) is 36.4 Å². The van der Waals surface area contributed by atoms with Crippen molar-refractivity contribution >= 4 is 125 Å². The number of halogens is 7. The summed E-state index contributed by atoms with van der Waals surface area (Å²) in [5.74, 6) is 0.377. The molecule has 7 rings (SSSR count). The summed E-state index contributed by atoms with van der Waals surface area (Å²) in [5.41, 5.74) is 3.23. The first kappa shape index (κ1) is 70.7. The molecule has 4 aromatic carbocycles. The number of hydrogen-bond acceptors (Lipinski definition) is 10. The molecule has 4 aromatic rings. The second-order valence-corrected chi connectivity index (χ2v) is 16.7. The van der Waals surface area contributed by atoms with E-state index in [4.69, 9.17) is 14.2 Å². The number of ether oxygens (including phenoxy) is 3. The summed E-state index contributed by atoms with van der Waals surface area (Å²) in [6, 6.07) is 25.4. The predicted molar refractivity (Wildman–Crippen MR) is 287 cm³/mol. The molecule has 10 nitrogen and oxygen atoms in total. The smallest absolute Gasteiger partial charge is 1.00 e. The van der Waals surface area contributed by atoms with Gasteiger partial charge in [0, 0.05) is 59.7 Å². The van der Waals surface area contributed by atoms with Gasteiger partial charge in [0.05, 0.1) is 23.2 Å². The van der Waals surface area contributed by atoms with Crippen LogP contribution in [-0.4, -0.2) is 149 Å². The van der Waals surface area contributed by atoms with Gasteiger partial charge in [-0.15, -0.1) is 36.1 Å².